The van der Waals surface area contributed by atoms with Crippen LogP contribution in [-0.2, 0) is 5.54 Å². The molecule has 2 heterocycles. The van der Waals surface area contributed by atoms with Crippen molar-refractivity contribution in [3.8, 4) is 11.7 Å². The van der Waals surface area contributed by atoms with Crippen molar-refractivity contribution < 1.29 is 8.94 Å². The molecule has 1 aliphatic carbocycles. The summed E-state index contributed by atoms with van der Waals surface area (Å²) < 4.78 is 11.2. The second-order valence-electron chi connectivity index (χ2n) is 4.74. The minimum Gasteiger partial charge on any atom is -0.444 e. The van der Waals surface area contributed by atoms with Crippen molar-refractivity contribution in [2.24, 2.45) is 5.73 Å². The van der Waals surface area contributed by atoms with E-state index < -0.39 is 5.54 Å². The van der Waals surface area contributed by atoms with Crippen LogP contribution in [-0.4, -0.2) is 10.1 Å². The average Bonchev–Trinajstić information content (AvgIpc) is 2.98. The van der Waals surface area contributed by atoms with Gasteiger partial charge in [-0.3, -0.25) is 0 Å². The molecule has 0 bridgehead atoms. The van der Waals surface area contributed by atoms with Gasteiger partial charge in [-0.25, -0.2) is 0 Å². The predicted molar refractivity (Wildman–Crippen MR) is 68.7 cm³/mol. The van der Waals surface area contributed by atoms with Crippen molar-refractivity contribution in [2.45, 2.75) is 37.6 Å². The third kappa shape index (κ3) is 2.10. The summed E-state index contributed by atoms with van der Waals surface area (Å²) in [5, 5.41) is 4.01. The summed E-state index contributed by atoms with van der Waals surface area (Å²) in [5.41, 5.74) is 5.91. The van der Waals surface area contributed by atoms with Crippen LogP contribution in [0.5, 0.6) is 0 Å². The van der Waals surface area contributed by atoms with Crippen molar-refractivity contribution in [1.29, 1.82) is 0 Å². The van der Waals surface area contributed by atoms with Crippen molar-refractivity contribution >= 4 is 15.9 Å². The molecule has 2 aromatic heterocycles. The zero-order valence-electron chi connectivity index (χ0n) is 9.86. The molecule has 0 aliphatic heterocycles. The van der Waals surface area contributed by atoms with E-state index in [9.17, 15) is 0 Å². The molecule has 0 unspecified atom stereocenters. The van der Waals surface area contributed by atoms with Gasteiger partial charge in [0.15, 0.2) is 16.3 Å². The van der Waals surface area contributed by atoms with E-state index in [1.165, 1.54) is 6.42 Å². The Morgan fingerprint density at radius 3 is 2.67 bits per heavy atom. The second kappa shape index (κ2) is 4.51. The second-order valence-corrected chi connectivity index (χ2v) is 5.53. The zero-order valence-corrected chi connectivity index (χ0v) is 11.4. The van der Waals surface area contributed by atoms with E-state index >= 15 is 0 Å². The number of nitrogens with zero attached hydrogens (tertiary/aromatic N) is 2. The summed E-state index contributed by atoms with van der Waals surface area (Å²) in [7, 11) is 0. The van der Waals surface area contributed by atoms with Gasteiger partial charge < -0.3 is 14.7 Å². The maximum atomic E-state index is 6.35. The lowest BCUT2D eigenvalue weighted by atomic mass is 9.82. The van der Waals surface area contributed by atoms with E-state index in [4.69, 9.17) is 14.7 Å². The molecule has 96 valence electrons. The molecule has 2 aromatic rings. The first-order valence-corrected chi connectivity index (χ1v) is 6.85. The van der Waals surface area contributed by atoms with E-state index in [1.54, 1.807) is 12.1 Å². The van der Waals surface area contributed by atoms with Crippen LogP contribution in [0.4, 0.5) is 0 Å². The van der Waals surface area contributed by atoms with Crippen molar-refractivity contribution in [2.75, 3.05) is 0 Å². The molecule has 0 spiro atoms. The van der Waals surface area contributed by atoms with E-state index in [0.29, 0.717) is 22.1 Å². The van der Waals surface area contributed by atoms with Crippen LogP contribution in [0.2, 0.25) is 0 Å². The van der Waals surface area contributed by atoms with Gasteiger partial charge in [0.1, 0.15) is 0 Å². The smallest absolute Gasteiger partial charge is 0.293 e. The Bertz CT molecular complexity index is 543. The van der Waals surface area contributed by atoms with E-state index in [0.717, 1.165) is 25.7 Å². The molecule has 1 aliphatic rings. The standard InChI is InChI=1S/C12H14BrN3O2/c13-9-5-4-8(17-9)10-15-11(16-18-10)12(14)6-2-1-3-7-12/h4-5H,1-3,6-7,14H2. The number of furan rings is 1. The summed E-state index contributed by atoms with van der Waals surface area (Å²) in [6.07, 6.45) is 5.29. The lowest BCUT2D eigenvalue weighted by molar-refractivity contribution is 0.275. The van der Waals surface area contributed by atoms with Gasteiger partial charge in [-0.1, -0.05) is 24.4 Å². The van der Waals surface area contributed by atoms with Gasteiger partial charge >= 0.3 is 0 Å². The lowest BCUT2D eigenvalue weighted by Gasteiger charge is -2.29. The molecule has 0 amide bonds. The third-order valence-corrected chi connectivity index (χ3v) is 3.83. The van der Waals surface area contributed by atoms with Crippen LogP contribution < -0.4 is 5.73 Å². The van der Waals surface area contributed by atoms with Crippen LogP contribution in [0.3, 0.4) is 0 Å². The lowest BCUT2D eigenvalue weighted by Crippen LogP contribution is -2.39. The Balaban J connectivity index is 1.89. The van der Waals surface area contributed by atoms with Gasteiger partial charge in [-0.15, -0.1) is 0 Å². The van der Waals surface area contributed by atoms with Crippen LogP contribution in [0.1, 0.15) is 37.9 Å². The largest absolute Gasteiger partial charge is 0.444 e. The minimum atomic E-state index is -0.441. The average molecular weight is 312 g/mol. The molecule has 0 saturated heterocycles. The summed E-state index contributed by atoms with van der Waals surface area (Å²) in [5.74, 6) is 1.52. The summed E-state index contributed by atoms with van der Waals surface area (Å²) in [6, 6.07) is 3.57. The maximum Gasteiger partial charge on any atom is 0.293 e. The number of hydrogen-bond acceptors (Lipinski definition) is 5. The van der Waals surface area contributed by atoms with Crippen molar-refractivity contribution in [3.63, 3.8) is 0 Å². The molecule has 1 saturated carbocycles. The van der Waals surface area contributed by atoms with Gasteiger partial charge in [0.05, 0.1) is 5.54 Å². The Hall–Kier alpha value is -1.14. The molecule has 18 heavy (non-hydrogen) atoms. The van der Waals surface area contributed by atoms with Crippen LogP contribution >= 0.6 is 15.9 Å². The number of nitrogens with two attached hydrogens (primary N) is 1. The Kier molecular flexibility index (Phi) is 2.99. The quantitative estimate of drug-likeness (QED) is 0.921. The third-order valence-electron chi connectivity index (χ3n) is 3.40. The Labute approximate surface area is 113 Å². The molecule has 0 radical (unpaired) electrons. The van der Waals surface area contributed by atoms with E-state index in [2.05, 4.69) is 26.1 Å². The van der Waals surface area contributed by atoms with E-state index in [-0.39, 0.29) is 0 Å². The number of rotatable bonds is 2. The highest BCUT2D eigenvalue weighted by molar-refractivity contribution is 9.10. The fourth-order valence-corrected chi connectivity index (χ4v) is 2.67. The van der Waals surface area contributed by atoms with E-state index in [1.807, 2.05) is 0 Å². The van der Waals surface area contributed by atoms with Gasteiger partial charge in [-0.05, 0) is 40.9 Å². The molecule has 6 heteroatoms. The molecule has 1 fully saturated rings. The van der Waals surface area contributed by atoms with Crippen LogP contribution in [0.15, 0.2) is 25.7 Å². The number of aromatic nitrogens is 2. The molecule has 0 aromatic carbocycles. The molecular weight excluding hydrogens is 298 g/mol. The SMILES string of the molecule is NC1(c2noc(-c3ccc(Br)o3)n2)CCCCC1. The highest BCUT2D eigenvalue weighted by atomic mass is 79.9. The van der Waals surface area contributed by atoms with Crippen molar-refractivity contribution in [1.82, 2.24) is 10.1 Å². The monoisotopic (exact) mass is 311 g/mol. The molecule has 2 N–H and O–H groups in total. The Morgan fingerprint density at radius 1 is 1.22 bits per heavy atom. The topological polar surface area (TPSA) is 78.1 Å². The fraction of sp³-hybridized carbons (Fsp3) is 0.500. The van der Waals surface area contributed by atoms with Crippen LogP contribution in [0, 0.1) is 0 Å². The highest BCUT2D eigenvalue weighted by Crippen LogP contribution is 2.34. The van der Waals surface area contributed by atoms with Gasteiger partial charge in [0, 0.05) is 0 Å². The molecular formula is C12H14BrN3O2. The highest BCUT2D eigenvalue weighted by Gasteiger charge is 2.34. The fourth-order valence-electron chi connectivity index (χ4n) is 2.36. The minimum absolute atomic E-state index is 0.381. The van der Waals surface area contributed by atoms with Gasteiger partial charge in [0.25, 0.3) is 5.89 Å². The predicted octanol–water partition coefficient (Wildman–Crippen LogP) is 3.21. The summed E-state index contributed by atoms with van der Waals surface area (Å²) in [6.45, 7) is 0. The van der Waals surface area contributed by atoms with Crippen LogP contribution in [0.25, 0.3) is 11.7 Å². The van der Waals surface area contributed by atoms with Crippen molar-refractivity contribution in [3.05, 3.63) is 22.6 Å². The molecule has 5 nitrogen and oxygen atoms in total. The Morgan fingerprint density at radius 2 is 2.00 bits per heavy atom. The molecule has 3 rings (SSSR count). The summed E-state index contributed by atoms with van der Waals surface area (Å²) in [4.78, 5) is 4.37. The van der Waals surface area contributed by atoms with Gasteiger partial charge in [-0.2, -0.15) is 4.98 Å². The maximum absolute atomic E-state index is 6.35. The van der Waals surface area contributed by atoms with Gasteiger partial charge in [0.2, 0.25) is 0 Å². The first-order chi connectivity index (χ1) is 8.67. The number of halogens is 1. The summed E-state index contributed by atoms with van der Waals surface area (Å²) >= 11 is 3.24. The first kappa shape index (κ1) is 11.9. The zero-order chi connectivity index (χ0) is 12.6. The first-order valence-electron chi connectivity index (χ1n) is 6.06. The normalized spacial score (nSPS) is 19.0. The number of hydrogen-bond donors (Lipinski definition) is 1. The molecule has 0 atom stereocenters.